The van der Waals surface area contributed by atoms with Crippen LogP contribution in [-0.2, 0) is 24.0 Å². The van der Waals surface area contributed by atoms with E-state index in [0.717, 1.165) is 90.3 Å². The first kappa shape index (κ1) is 60.7. The molecule has 5 amide bonds. The molecular weight excluding hydrogens is 881 g/mol. The second kappa shape index (κ2) is 35.8. The zero-order valence-electron chi connectivity index (χ0n) is 41.6. The lowest BCUT2D eigenvalue weighted by Gasteiger charge is -2.30. The number of benzene rings is 1. The molecule has 0 spiro atoms. The fraction of sp³-hybridized carbons (Fsp3) is 0.750. The van der Waals surface area contributed by atoms with Gasteiger partial charge in [-0.2, -0.15) is 12.6 Å². The van der Waals surface area contributed by atoms with E-state index in [0.29, 0.717) is 62.0 Å². The van der Waals surface area contributed by atoms with E-state index in [4.69, 9.17) is 14.2 Å². The van der Waals surface area contributed by atoms with Crippen molar-refractivity contribution in [3.63, 3.8) is 0 Å². The second-order valence-corrected chi connectivity index (χ2v) is 18.5. The Hall–Kier alpha value is -4.33. The lowest BCUT2D eigenvalue weighted by atomic mass is 9.95. The largest absolute Gasteiger partial charge is 0.489 e. The normalized spacial score (nSPS) is 13.5. The summed E-state index contributed by atoms with van der Waals surface area (Å²) in [7, 11) is 0. The highest BCUT2D eigenvalue weighted by Gasteiger charge is 2.34. The zero-order valence-corrected chi connectivity index (χ0v) is 42.5. The molecule has 1 rings (SSSR count). The number of thiol groups is 1. The van der Waals surface area contributed by atoms with E-state index < -0.39 is 47.9 Å². The van der Waals surface area contributed by atoms with Crippen LogP contribution in [0.1, 0.15) is 148 Å². The summed E-state index contributed by atoms with van der Waals surface area (Å²) in [5.74, 6) is -2.56. The number of carboxylic acids is 1. The van der Waals surface area contributed by atoms with Gasteiger partial charge in [0, 0.05) is 43.5 Å². The van der Waals surface area contributed by atoms with Gasteiger partial charge in [-0.1, -0.05) is 92.9 Å². The number of carboxylic acid groups (broad SMARTS) is 1. The Balaban J connectivity index is 2.53. The number of ether oxygens (including phenoxy) is 3. The van der Waals surface area contributed by atoms with Crippen molar-refractivity contribution in [3.05, 3.63) is 17.7 Å². The van der Waals surface area contributed by atoms with E-state index in [1.165, 1.54) is 0 Å². The van der Waals surface area contributed by atoms with Gasteiger partial charge >= 0.3 is 5.97 Å². The zero-order chi connectivity index (χ0) is 50.1. The van der Waals surface area contributed by atoms with Crippen LogP contribution in [-0.4, -0.2) is 117 Å². The monoisotopic (exact) mass is 970 g/mol. The highest BCUT2D eigenvalue weighted by atomic mass is 32.1. The molecular formula is C48H89N8O10S+3. The van der Waals surface area contributed by atoms with Crippen LogP contribution >= 0.6 is 12.6 Å². The van der Waals surface area contributed by atoms with Crippen LogP contribution in [0.15, 0.2) is 12.1 Å². The van der Waals surface area contributed by atoms with Gasteiger partial charge in [-0.3, -0.25) is 24.0 Å². The number of carbonyl (C=O) groups excluding carboxylic acids is 5. The summed E-state index contributed by atoms with van der Waals surface area (Å²) < 4.78 is 18.1. The second-order valence-electron chi connectivity index (χ2n) is 18.1. The molecule has 18 nitrogen and oxygen atoms in total. The van der Waals surface area contributed by atoms with Gasteiger partial charge in [0.1, 0.15) is 24.2 Å². The number of unbranched alkanes of at least 4 members (excludes halogenated alkanes) is 8. The van der Waals surface area contributed by atoms with Gasteiger partial charge in [0.15, 0.2) is 11.5 Å². The SMILES string of the molecule is CC[C@H](C)[C@H](NC(=O)[C@@H](NC(=O)[C@H](CS)NC(=O)CCCCCCCCCCCNC(=O)c1cc(OCCC[NH3+])c(OCCC[NH3+])c(OCCC[NH3+])c1)C(C)C)C(=O)N[C@@H](CC(C)C)C(=O)O. The van der Waals surface area contributed by atoms with Crippen LogP contribution in [0.2, 0.25) is 0 Å². The third-order valence-electron chi connectivity index (χ3n) is 11.3. The van der Waals surface area contributed by atoms with Crippen molar-refractivity contribution in [1.82, 2.24) is 26.6 Å². The number of hydrogen-bond donors (Lipinski definition) is 10. The molecule has 0 fully saturated rings. The standard InChI is InChI=1S/C48H86N8O10S/c1-7-34(6)42(47(61)54-36(48(62)63)28-32(2)3)56-46(60)41(33(4)5)55-45(59)37(31-67)53-40(57)20-15-13-11-9-8-10-12-14-16-24-52-44(58)35-29-38(64-25-17-21-49)43(66-27-19-23-51)39(30-35)65-26-18-22-50/h29-30,32-34,36-37,41-42,67H,7-28,31,49-51H2,1-6H3,(H,52,58)(H,53,57)(H,54,61)(H,55,59)(H,56,60)(H,62,63)/p+3/t34-,36-,37-,41-,42-/m0/s1. The van der Waals surface area contributed by atoms with Crippen LogP contribution in [0.4, 0.5) is 0 Å². The van der Waals surface area contributed by atoms with Gasteiger partial charge in [0.25, 0.3) is 5.91 Å². The van der Waals surface area contributed by atoms with Crippen LogP contribution in [0.5, 0.6) is 17.2 Å². The summed E-state index contributed by atoms with van der Waals surface area (Å²) in [6.07, 6.45) is 12.0. The van der Waals surface area contributed by atoms with Gasteiger partial charge < -0.3 is 63.1 Å². The van der Waals surface area contributed by atoms with Crippen molar-refractivity contribution in [2.75, 3.05) is 51.8 Å². The summed E-state index contributed by atoms with van der Waals surface area (Å²) in [5, 5.41) is 23.5. The van der Waals surface area contributed by atoms with Gasteiger partial charge in [-0.25, -0.2) is 4.79 Å². The molecule has 0 unspecified atom stereocenters. The van der Waals surface area contributed by atoms with E-state index in [1.54, 1.807) is 32.9 Å². The molecule has 0 bridgehead atoms. The summed E-state index contributed by atoms with van der Waals surface area (Å²) in [4.78, 5) is 78.0. The van der Waals surface area contributed by atoms with Crippen molar-refractivity contribution in [2.24, 2.45) is 17.8 Å². The van der Waals surface area contributed by atoms with E-state index in [2.05, 4.69) is 56.4 Å². The van der Waals surface area contributed by atoms with Crippen LogP contribution in [0.25, 0.3) is 0 Å². The Bertz CT molecular complexity index is 1590. The maximum atomic E-state index is 13.5. The molecule has 0 saturated carbocycles. The van der Waals surface area contributed by atoms with Crippen molar-refractivity contribution < 1.29 is 65.3 Å². The first-order chi connectivity index (χ1) is 32.0. The van der Waals surface area contributed by atoms with Gasteiger partial charge in [0.05, 0.1) is 39.5 Å². The fourth-order valence-corrected chi connectivity index (χ4v) is 7.27. The summed E-state index contributed by atoms with van der Waals surface area (Å²) in [6.45, 7) is 15.0. The molecule has 0 aromatic heterocycles. The number of hydrogen-bond acceptors (Lipinski definition) is 10. The van der Waals surface area contributed by atoms with Gasteiger partial charge in [0.2, 0.25) is 29.4 Å². The molecule has 15 N–H and O–H groups in total. The number of rotatable bonds is 39. The van der Waals surface area contributed by atoms with Crippen LogP contribution < -0.4 is 58.0 Å². The summed E-state index contributed by atoms with van der Waals surface area (Å²) in [5.41, 5.74) is 12.1. The predicted molar refractivity (Wildman–Crippen MR) is 262 cm³/mol. The Morgan fingerprint density at radius 1 is 0.627 bits per heavy atom. The number of amides is 5. The van der Waals surface area contributed by atoms with E-state index >= 15 is 0 Å². The molecule has 0 saturated heterocycles. The first-order valence-corrected chi connectivity index (χ1v) is 25.4. The molecule has 1 aromatic carbocycles. The lowest BCUT2D eigenvalue weighted by molar-refractivity contribution is -0.369. The lowest BCUT2D eigenvalue weighted by Crippen LogP contribution is -2.60. The topological polar surface area (TPSA) is 293 Å². The number of aliphatic carboxylic acids is 1. The first-order valence-electron chi connectivity index (χ1n) is 24.8. The van der Waals surface area contributed by atoms with Crippen LogP contribution in [0.3, 0.4) is 0 Å². The van der Waals surface area contributed by atoms with Gasteiger partial charge in [-0.15, -0.1) is 0 Å². The molecule has 0 aliphatic rings. The molecule has 384 valence electrons. The molecule has 0 aliphatic heterocycles. The number of nitrogens with one attached hydrogen (secondary N) is 5. The third kappa shape index (κ3) is 25.0. The average Bonchev–Trinajstić information content (AvgIpc) is 3.29. The smallest absolute Gasteiger partial charge is 0.326 e. The van der Waals surface area contributed by atoms with Crippen molar-refractivity contribution in [3.8, 4) is 17.2 Å². The average molecular weight is 970 g/mol. The summed E-state index contributed by atoms with van der Waals surface area (Å²) >= 11 is 4.29. The Kier molecular flexibility index (Phi) is 32.4. The molecule has 0 radical (unpaired) electrons. The fourth-order valence-electron chi connectivity index (χ4n) is 7.01. The predicted octanol–water partition coefficient (Wildman–Crippen LogP) is 2.05. The highest BCUT2D eigenvalue weighted by molar-refractivity contribution is 7.80. The summed E-state index contributed by atoms with van der Waals surface area (Å²) in [6, 6.07) is -0.677. The van der Waals surface area contributed by atoms with Crippen LogP contribution in [0, 0.1) is 17.8 Å². The number of quaternary nitrogens is 3. The van der Waals surface area contributed by atoms with E-state index in [-0.39, 0.29) is 48.2 Å². The minimum atomic E-state index is -1.15. The van der Waals surface area contributed by atoms with Crippen molar-refractivity contribution in [1.29, 1.82) is 0 Å². The quantitative estimate of drug-likeness (QED) is 0.0339. The van der Waals surface area contributed by atoms with Crippen molar-refractivity contribution in [2.45, 2.75) is 162 Å². The molecule has 0 aliphatic carbocycles. The Morgan fingerprint density at radius 2 is 1.12 bits per heavy atom. The minimum absolute atomic E-state index is 0.0176. The molecule has 1 aromatic rings. The Labute approximate surface area is 405 Å². The molecule has 5 atom stereocenters. The Morgan fingerprint density at radius 3 is 1.60 bits per heavy atom. The van der Waals surface area contributed by atoms with E-state index in [9.17, 15) is 33.9 Å². The minimum Gasteiger partial charge on any atom is -0.489 e. The van der Waals surface area contributed by atoms with Crippen molar-refractivity contribution >= 4 is 48.1 Å². The number of carbonyl (C=O) groups is 6. The molecule has 67 heavy (non-hydrogen) atoms. The highest BCUT2D eigenvalue weighted by Crippen LogP contribution is 2.39. The van der Waals surface area contributed by atoms with Gasteiger partial charge in [-0.05, 0) is 49.1 Å². The third-order valence-corrected chi connectivity index (χ3v) is 11.7. The molecule has 0 heterocycles. The van der Waals surface area contributed by atoms with E-state index in [1.807, 2.05) is 20.8 Å². The maximum Gasteiger partial charge on any atom is 0.326 e. The molecule has 19 heteroatoms. The maximum absolute atomic E-state index is 13.5.